The standard InChI is InChI=1S/C20H21N3O2S/c1-4-26-17-11-6-5-10-16(17)20(24)23(3)13-18-21-19(22-25-18)15-9-7-8-14(2)12-15/h5-12H,4,13H2,1-3H3. The molecular formula is C20H21N3O2S. The van der Waals surface area contributed by atoms with Crippen LogP contribution in [0.25, 0.3) is 11.4 Å². The number of aryl methyl sites for hydroxylation is 1. The second kappa shape index (κ2) is 8.19. The first-order valence-electron chi connectivity index (χ1n) is 8.45. The number of amides is 1. The number of aromatic nitrogens is 2. The molecule has 0 spiro atoms. The summed E-state index contributed by atoms with van der Waals surface area (Å²) in [5, 5.41) is 4.03. The van der Waals surface area contributed by atoms with Gasteiger partial charge in [-0.15, -0.1) is 11.8 Å². The van der Waals surface area contributed by atoms with Gasteiger partial charge in [0.15, 0.2) is 0 Å². The van der Waals surface area contributed by atoms with E-state index >= 15 is 0 Å². The normalized spacial score (nSPS) is 10.7. The first-order valence-corrected chi connectivity index (χ1v) is 9.44. The monoisotopic (exact) mass is 367 g/mol. The van der Waals surface area contributed by atoms with Crippen molar-refractivity contribution in [3.8, 4) is 11.4 Å². The van der Waals surface area contributed by atoms with Gasteiger partial charge >= 0.3 is 0 Å². The Bertz CT molecular complexity index is 907. The molecule has 0 aliphatic heterocycles. The average molecular weight is 367 g/mol. The Morgan fingerprint density at radius 2 is 2.00 bits per heavy atom. The van der Waals surface area contributed by atoms with Gasteiger partial charge in [-0.1, -0.05) is 48.0 Å². The van der Waals surface area contributed by atoms with Crippen LogP contribution in [0.3, 0.4) is 0 Å². The molecule has 1 amide bonds. The van der Waals surface area contributed by atoms with Gasteiger partial charge < -0.3 is 9.42 Å². The van der Waals surface area contributed by atoms with E-state index in [2.05, 4.69) is 17.1 Å². The van der Waals surface area contributed by atoms with E-state index in [0.717, 1.165) is 21.8 Å². The summed E-state index contributed by atoms with van der Waals surface area (Å²) in [6.07, 6.45) is 0. The quantitative estimate of drug-likeness (QED) is 0.603. The van der Waals surface area contributed by atoms with Crippen molar-refractivity contribution in [3.05, 3.63) is 65.5 Å². The predicted molar refractivity (Wildman–Crippen MR) is 103 cm³/mol. The van der Waals surface area contributed by atoms with Crippen molar-refractivity contribution in [1.82, 2.24) is 15.0 Å². The van der Waals surface area contributed by atoms with Crippen LogP contribution in [0.2, 0.25) is 0 Å². The second-order valence-corrected chi connectivity index (χ2v) is 7.28. The molecule has 6 heteroatoms. The van der Waals surface area contributed by atoms with Gasteiger partial charge in [-0.25, -0.2) is 0 Å². The van der Waals surface area contributed by atoms with E-state index in [4.69, 9.17) is 4.52 Å². The fourth-order valence-electron chi connectivity index (χ4n) is 2.63. The molecule has 0 aliphatic rings. The number of thioether (sulfide) groups is 1. The molecule has 26 heavy (non-hydrogen) atoms. The highest BCUT2D eigenvalue weighted by atomic mass is 32.2. The van der Waals surface area contributed by atoms with Crippen LogP contribution in [0, 0.1) is 6.92 Å². The molecule has 0 bridgehead atoms. The van der Waals surface area contributed by atoms with Crippen LogP contribution in [-0.2, 0) is 6.54 Å². The zero-order valence-corrected chi connectivity index (χ0v) is 15.9. The van der Waals surface area contributed by atoms with Gasteiger partial charge in [-0.3, -0.25) is 4.79 Å². The van der Waals surface area contributed by atoms with Crippen LogP contribution >= 0.6 is 11.8 Å². The summed E-state index contributed by atoms with van der Waals surface area (Å²) in [5.41, 5.74) is 2.73. The smallest absolute Gasteiger partial charge is 0.255 e. The predicted octanol–water partition coefficient (Wildman–Crippen LogP) is 4.43. The van der Waals surface area contributed by atoms with E-state index in [9.17, 15) is 4.79 Å². The maximum atomic E-state index is 12.8. The van der Waals surface area contributed by atoms with Gasteiger partial charge in [0, 0.05) is 17.5 Å². The minimum absolute atomic E-state index is 0.0585. The third kappa shape index (κ3) is 4.14. The summed E-state index contributed by atoms with van der Waals surface area (Å²) in [6.45, 7) is 4.35. The molecule has 3 aromatic rings. The highest BCUT2D eigenvalue weighted by Gasteiger charge is 2.18. The number of rotatable bonds is 6. The highest BCUT2D eigenvalue weighted by Crippen LogP contribution is 2.24. The molecule has 0 fully saturated rings. The van der Waals surface area contributed by atoms with Crippen molar-refractivity contribution in [2.45, 2.75) is 25.3 Å². The van der Waals surface area contributed by atoms with E-state index in [0.29, 0.717) is 17.3 Å². The number of hydrogen-bond acceptors (Lipinski definition) is 5. The Hall–Kier alpha value is -2.60. The van der Waals surface area contributed by atoms with Crippen LogP contribution < -0.4 is 0 Å². The van der Waals surface area contributed by atoms with E-state index in [1.807, 2.05) is 55.5 Å². The Balaban J connectivity index is 1.74. The molecule has 3 rings (SSSR count). The third-order valence-corrected chi connectivity index (χ3v) is 4.84. The van der Waals surface area contributed by atoms with Crippen LogP contribution in [0.5, 0.6) is 0 Å². The Labute approximate surface area is 157 Å². The molecule has 5 nitrogen and oxygen atoms in total. The molecule has 0 N–H and O–H groups in total. The van der Waals surface area contributed by atoms with Gasteiger partial charge in [-0.05, 0) is 30.9 Å². The SMILES string of the molecule is CCSc1ccccc1C(=O)N(C)Cc1nc(-c2cccc(C)c2)no1. The molecule has 0 radical (unpaired) electrons. The maximum Gasteiger partial charge on any atom is 0.255 e. The molecule has 0 aliphatic carbocycles. The Morgan fingerprint density at radius 1 is 1.19 bits per heavy atom. The average Bonchev–Trinajstić information content (AvgIpc) is 3.10. The summed E-state index contributed by atoms with van der Waals surface area (Å²) in [6, 6.07) is 15.6. The van der Waals surface area contributed by atoms with Crippen molar-refractivity contribution < 1.29 is 9.32 Å². The molecule has 2 aromatic carbocycles. The lowest BCUT2D eigenvalue weighted by Gasteiger charge is -2.16. The Morgan fingerprint density at radius 3 is 2.77 bits per heavy atom. The van der Waals surface area contributed by atoms with Crippen LogP contribution in [0.15, 0.2) is 57.9 Å². The molecule has 134 valence electrons. The van der Waals surface area contributed by atoms with E-state index in [1.54, 1.807) is 23.7 Å². The van der Waals surface area contributed by atoms with E-state index in [-0.39, 0.29) is 12.5 Å². The van der Waals surface area contributed by atoms with E-state index < -0.39 is 0 Å². The molecule has 1 heterocycles. The fraction of sp³-hybridized carbons (Fsp3) is 0.250. The molecule has 0 unspecified atom stereocenters. The zero-order chi connectivity index (χ0) is 18.5. The van der Waals surface area contributed by atoms with Gasteiger partial charge in [0.1, 0.15) is 0 Å². The topological polar surface area (TPSA) is 59.2 Å². The summed E-state index contributed by atoms with van der Waals surface area (Å²) in [4.78, 5) is 19.8. The second-order valence-electron chi connectivity index (χ2n) is 5.97. The van der Waals surface area contributed by atoms with Gasteiger partial charge in [0.05, 0.1) is 12.1 Å². The third-order valence-electron chi connectivity index (χ3n) is 3.88. The zero-order valence-electron chi connectivity index (χ0n) is 15.1. The maximum absolute atomic E-state index is 12.8. The van der Waals surface area contributed by atoms with E-state index in [1.165, 1.54) is 0 Å². The molecule has 0 saturated carbocycles. The lowest BCUT2D eigenvalue weighted by Crippen LogP contribution is -2.26. The largest absolute Gasteiger partial charge is 0.337 e. The summed E-state index contributed by atoms with van der Waals surface area (Å²) in [7, 11) is 1.74. The fourth-order valence-corrected chi connectivity index (χ4v) is 3.42. The lowest BCUT2D eigenvalue weighted by atomic mass is 10.1. The van der Waals surface area contributed by atoms with Gasteiger partial charge in [0.25, 0.3) is 5.91 Å². The van der Waals surface area contributed by atoms with Crippen molar-refractivity contribution in [2.75, 3.05) is 12.8 Å². The molecule has 0 saturated heterocycles. The lowest BCUT2D eigenvalue weighted by molar-refractivity contribution is 0.0766. The molecule has 0 atom stereocenters. The minimum atomic E-state index is -0.0585. The first-order chi connectivity index (χ1) is 12.6. The number of carbonyl (C=O) groups excluding carboxylic acids is 1. The summed E-state index contributed by atoms with van der Waals surface area (Å²) < 4.78 is 5.33. The number of nitrogens with zero attached hydrogens (tertiary/aromatic N) is 3. The van der Waals surface area contributed by atoms with Crippen molar-refractivity contribution in [1.29, 1.82) is 0 Å². The van der Waals surface area contributed by atoms with Crippen LogP contribution in [-0.4, -0.2) is 33.7 Å². The van der Waals surface area contributed by atoms with Crippen molar-refractivity contribution in [3.63, 3.8) is 0 Å². The van der Waals surface area contributed by atoms with Crippen molar-refractivity contribution >= 4 is 17.7 Å². The van der Waals surface area contributed by atoms with Crippen LogP contribution in [0.1, 0.15) is 28.7 Å². The number of hydrogen-bond donors (Lipinski definition) is 0. The van der Waals surface area contributed by atoms with Crippen LogP contribution in [0.4, 0.5) is 0 Å². The van der Waals surface area contributed by atoms with Gasteiger partial charge in [0.2, 0.25) is 11.7 Å². The first kappa shape index (κ1) is 18.2. The minimum Gasteiger partial charge on any atom is -0.337 e. The van der Waals surface area contributed by atoms with Gasteiger partial charge in [-0.2, -0.15) is 4.98 Å². The molecular weight excluding hydrogens is 346 g/mol. The van der Waals surface area contributed by atoms with Crippen molar-refractivity contribution in [2.24, 2.45) is 0 Å². The number of carbonyl (C=O) groups is 1. The highest BCUT2D eigenvalue weighted by molar-refractivity contribution is 7.99. The number of benzene rings is 2. The summed E-state index contributed by atoms with van der Waals surface area (Å²) in [5.74, 6) is 1.80. The summed E-state index contributed by atoms with van der Waals surface area (Å²) >= 11 is 1.66. The Kier molecular flexibility index (Phi) is 5.73. The molecule has 1 aromatic heterocycles.